The van der Waals surface area contributed by atoms with Gasteiger partial charge < -0.3 is 25.4 Å². The maximum absolute atomic E-state index is 6.30. The lowest BCUT2D eigenvalue weighted by molar-refractivity contribution is 0.0322. The minimum absolute atomic E-state index is 0.332. The molecule has 0 amide bonds. The molecule has 2 aliphatic heterocycles. The van der Waals surface area contributed by atoms with Crippen molar-refractivity contribution in [1.82, 2.24) is 19.8 Å². The largest absolute Gasteiger partial charge is 0.497 e. The summed E-state index contributed by atoms with van der Waals surface area (Å²) in [5.74, 6) is 8.07. The van der Waals surface area contributed by atoms with Crippen molar-refractivity contribution in [1.29, 1.82) is 0 Å². The third-order valence-electron chi connectivity index (χ3n) is 6.13. The Kier molecular flexibility index (Phi) is 7.59. The number of hydrogen-bond acceptors (Lipinski definition) is 10. The number of methoxy groups -OCH3 is 1. The number of rotatable bonds is 8. The van der Waals surface area contributed by atoms with Crippen molar-refractivity contribution in [2.75, 3.05) is 75.7 Å². The molecule has 0 bridgehead atoms. The maximum atomic E-state index is 6.30. The second-order valence-electron chi connectivity index (χ2n) is 8.25. The van der Waals surface area contributed by atoms with Crippen LogP contribution in [0.1, 0.15) is 12.8 Å². The molecule has 0 spiro atoms. The summed E-state index contributed by atoms with van der Waals surface area (Å²) in [4.78, 5) is 14.0. The highest BCUT2D eigenvalue weighted by Gasteiger charge is 2.21. The van der Waals surface area contributed by atoms with Gasteiger partial charge in [0.1, 0.15) is 5.75 Å². The summed E-state index contributed by atoms with van der Waals surface area (Å²) in [7, 11) is 1.63. The zero-order chi connectivity index (χ0) is 22.3. The fraction of sp³-hybridized carbons (Fsp3) is 0.545. The topological polar surface area (TPSA) is 118 Å². The molecule has 10 heteroatoms. The minimum Gasteiger partial charge on any atom is -0.497 e. The molecule has 0 atom stereocenters. The van der Waals surface area contributed by atoms with Crippen molar-refractivity contribution in [3.05, 3.63) is 30.5 Å². The molecule has 0 saturated carbocycles. The number of likely N-dealkylation sites (tertiary alicyclic amines) is 1. The van der Waals surface area contributed by atoms with Gasteiger partial charge in [0.2, 0.25) is 5.95 Å². The van der Waals surface area contributed by atoms with Gasteiger partial charge in [-0.1, -0.05) is 0 Å². The van der Waals surface area contributed by atoms with Gasteiger partial charge in [0.25, 0.3) is 0 Å². The lowest BCUT2D eigenvalue weighted by Crippen LogP contribution is -2.45. The number of hydrazine groups is 1. The van der Waals surface area contributed by atoms with Crippen LogP contribution in [0.2, 0.25) is 0 Å². The van der Waals surface area contributed by atoms with E-state index in [1.165, 1.54) is 5.01 Å². The normalized spacial score (nSPS) is 18.4. The Morgan fingerprint density at radius 2 is 1.75 bits per heavy atom. The van der Waals surface area contributed by atoms with Crippen LogP contribution < -0.4 is 26.6 Å². The molecule has 2 fully saturated rings. The molecule has 10 nitrogen and oxygen atoms in total. The summed E-state index contributed by atoms with van der Waals surface area (Å²) >= 11 is 0. The number of benzene rings is 1. The van der Waals surface area contributed by atoms with Crippen LogP contribution in [0.25, 0.3) is 0 Å². The predicted molar refractivity (Wildman–Crippen MR) is 126 cm³/mol. The van der Waals surface area contributed by atoms with E-state index in [1.54, 1.807) is 13.3 Å². The SMILES string of the molecule is COc1ccc(N(N)c2nc(NC3CCN(CCN4CCOCC4)CC3)ncc2N)cc1. The minimum atomic E-state index is 0.332. The molecule has 174 valence electrons. The quantitative estimate of drug-likeness (QED) is 0.408. The van der Waals surface area contributed by atoms with Crippen molar-refractivity contribution in [3.8, 4) is 5.75 Å². The molecule has 2 saturated heterocycles. The third-order valence-corrected chi connectivity index (χ3v) is 6.13. The molecular weight excluding hydrogens is 408 g/mol. The molecule has 2 aliphatic rings. The fourth-order valence-electron chi connectivity index (χ4n) is 4.10. The number of nitrogens with one attached hydrogen (secondary N) is 1. The summed E-state index contributed by atoms with van der Waals surface area (Å²) < 4.78 is 10.6. The van der Waals surface area contributed by atoms with Crippen LogP contribution in [0.4, 0.5) is 23.1 Å². The molecule has 32 heavy (non-hydrogen) atoms. The van der Waals surface area contributed by atoms with Crippen molar-refractivity contribution >= 4 is 23.1 Å². The number of anilines is 4. The Bertz CT molecular complexity index is 852. The molecule has 1 aromatic heterocycles. The highest BCUT2D eigenvalue weighted by molar-refractivity contribution is 5.70. The van der Waals surface area contributed by atoms with Crippen LogP contribution in [-0.4, -0.2) is 85.4 Å². The second-order valence-corrected chi connectivity index (χ2v) is 8.25. The monoisotopic (exact) mass is 442 g/mol. The van der Waals surface area contributed by atoms with E-state index in [4.69, 9.17) is 21.1 Å². The van der Waals surface area contributed by atoms with Crippen molar-refractivity contribution in [3.63, 3.8) is 0 Å². The Labute approximate surface area is 189 Å². The van der Waals surface area contributed by atoms with Crippen molar-refractivity contribution < 1.29 is 9.47 Å². The average Bonchev–Trinajstić information content (AvgIpc) is 2.85. The highest BCUT2D eigenvalue weighted by atomic mass is 16.5. The van der Waals surface area contributed by atoms with Gasteiger partial charge in [0.05, 0.1) is 37.9 Å². The van der Waals surface area contributed by atoms with E-state index in [9.17, 15) is 0 Å². The number of piperidine rings is 1. The van der Waals surface area contributed by atoms with Crippen LogP contribution in [0, 0.1) is 0 Å². The lowest BCUT2D eigenvalue weighted by atomic mass is 10.1. The Morgan fingerprint density at radius 3 is 2.41 bits per heavy atom. The van der Waals surface area contributed by atoms with E-state index in [2.05, 4.69) is 25.1 Å². The van der Waals surface area contributed by atoms with Gasteiger partial charge in [-0.05, 0) is 37.1 Å². The van der Waals surface area contributed by atoms with Gasteiger partial charge >= 0.3 is 0 Å². The Morgan fingerprint density at radius 1 is 1.09 bits per heavy atom. The first-order chi connectivity index (χ1) is 15.6. The number of morpholine rings is 1. The second kappa shape index (κ2) is 10.8. The number of aromatic nitrogens is 2. The van der Waals surface area contributed by atoms with Crippen LogP contribution >= 0.6 is 0 Å². The average molecular weight is 443 g/mol. The number of ether oxygens (including phenoxy) is 2. The van der Waals surface area contributed by atoms with Gasteiger partial charge in [-0.25, -0.2) is 10.8 Å². The van der Waals surface area contributed by atoms with E-state index in [0.717, 1.165) is 76.8 Å². The van der Waals surface area contributed by atoms with Gasteiger partial charge in [-0.2, -0.15) is 4.98 Å². The first-order valence-electron chi connectivity index (χ1n) is 11.2. The Balaban J connectivity index is 1.30. The third kappa shape index (κ3) is 5.77. The number of hydrogen-bond donors (Lipinski definition) is 3. The summed E-state index contributed by atoms with van der Waals surface area (Å²) in [5, 5.41) is 4.93. The van der Waals surface area contributed by atoms with E-state index >= 15 is 0 Å². The van der Waals surface area contributed by atoms with Crippen molar-refractivity contribution in [2.45, 2.75) is 18.9 Å². The highest BCUT2D eigenvalue weighted by Crippen LogP contribution is 2.27. The lowest BCUT2D eigenvalue weighted by Gasteiger charge is -2.34. The van der Waals surface area contributed by atoms with Crippen LogP contribution in [0.3, 0.4) is 0 Å². The van der Waals surface area contributed by atoms with Gasteiger partial charge in [-0.3, -0.25) is 9.91 Å². The molecule has 2 aromatic rings. The Hall–Kier alpha value is -2.66. The summed E-state index contributed by atoms with van der Waals surface area (Å²) in [5.41, 5.74) is 7.30. The summed E-state index contributed by atoms with van der Waals surface area (Å²) in [6, 6.07) is 7.75. The molecule has 0 radical (unpaired) electrons. The van der Waals surface area contributed by atoms with E-state index in [1.807, 2.05) is 24.3 Å². The van der Waals surface area contributed by atoms with Crippen molar-refractivity contribution in [2.24, 2.45) is 5.84 Å². The van der Waals surface area contributed by atoms with Gasteiger partial charge in [0.15, 0.2) is 5.82 Å². The zero-order valence-corrected chi connectivity index (χ0v) is 18.7. The van der Waals surface area contributed by atoms with Crippen LogP contribution in [0.15, 0.2) is 30.5 Å². The van der Waals surface area contributed by atoms with E-state index in [0.29, 0.717) is 23.5 Å². The van der Waals surface area contributed by atoms with E-state index < -0.39 is 0 Å². The summed E-state index contributed by atoms with van der Waals surface area (Å²) in [6.45, 7) is 8.16. The fourth-order valence-corrected chi connectivity index (χ4v) is 4.10. The van der Waals surface area contributed by atoms with Gasteiger partial charge in [-0.15, -0.1) is 0 Å². The van der Waals surface area contributed by atoms with Crippen LogP contribution in [0.5, 0.6) is 5.75 Å². The standard InChI is InChI=1S/C22H34N8O2/c1-31-19-4-2-18(3-5-19)30(24)21-20(23)16-25-22(27-21)26-17-6-8-28(9-7-17)10-11-29-12-14-32-15-13-29/h2-5,16-17H,6-15,23-24H2,1H3,(H,25,26,27). The molecular formula is C22H34N8O2. The van der Waals surface area contributed by atoms with Crippen LogP contribution in [-0.2, 0) is 4.74 Å². The number of nitrogens with zero attached hydrogens (tertiary/aromatic N) is 5. The number of nitrogen functional groups attached to an aromatic ring is 1. The molecule has 0 aliphatic carbocycles. The molecule has 1 aromatic carbocycles. The van der Waals surface area contributed by atoms with E-state index in [-0.39, 0.29) is 0 Å². The maximum Gasteiger partial charge on any atom is 0.225 e. The molecule has 0 unspecified atom stereocenters. The predicted octanol–water partition coefficient (Wildman–Crippen LogP) is 1.29. The van der Waals surface area contributed by atoms with Gasteiger partial charge in [0, 0.05) is 45.3 Å². The zero-order valence-electron chi connectivity index (χ0n) is 18.7. The smallest absolute Gasteiger partial charge is 0.225 e. The molecule has 4 rings (SSSR count). The molecule has 5 N–H and O–H groups in total. The first kappa shape index (κ1) is 22.5. The summed E-state index contributed by atoms with van der Waals surface area (Å²) in [6.07, 6.45) is 3.71. The molecule has 3 heterocycles. The first-order valence-corrected chi connectivity index (χ1v) is 11.2. The number of nitrogens with two attached hydrogens (primary N) is 2.